The second kappa shape index (κ2) is 7.27. The van der Waals surface area contributed by atoms with Gasteiger partial charge in [0.25, 0.3) is 0 Å². The van der Waals surface area contributed by atoms with Crippen LogP contribution in [0, 0.1) is 0 Å². The first-order chi connectivity index (χ1) is 11.5. The van der Waals surface area contributed by atoms with E-state index in [9.17, 15) is 8.42 Å². The van der Waals surface area contributed by atoms with Gasteiger partial charge in [0.1, 0.15) is 0 Å². The first-order valence-corrected chi connectivity index (χ1v) is 9.94. The van der Waals surface area contributed by atoms with Gasteiger partial charge in [0.05, 0.1) is 10.9 Å². The van der Waals surface area contributed by atoms with Crippen molar-refractivity contribution >= 4 is 21.6 Å². The summed E-state index contributed by atoms with van der Waals surface area (Å²) in [6, 6.07) is 10.3. The fourth-order valence-corrected chi connectivity index (χ4v) is 4.34. The summed E-state index contributed by atoms with van der Waals surface area (Å²) in [5.74, 6) is 0. The fourth-order valence-electron chi connectivity index (χ4n) is 3.18. The van der Waals surface area contributed by atoms with Crippen LogP contribution in [0.3, 0.4) is 0 Å². The Labute approximate surface area is 148 Å². The smallest absolute Gasteiger partial charge is 0.240 e. The van der Waals surface area contributed by atoms with Crippen molar-refractivity contribution in [3.63, 3.8) is 0 Å². The van der Waals surface area contributed by atoms with Crippen LogP contribution < -0.4 is 4.72 Å². The van der Waals surface area contributed by atoms with Gasteiger partial charge in [0, 0.05) is 30.5 Å². The summed E-state index contributed by atoms with van der Waals surface area (Å²) >= 11 is 5.84. The number of rotatable bonds is 6. The van der Waals surface area contributed by atoms with Crippen molar-refractivity contribution in [1.82, 2.24) is 14.2 Å². The van der Waals surface area contributed by atoms with Crippen molar-refractivity contribution in [1.29, 1.82) is 0 Å². The molecule has 0 aliphatic carbocycles. The molecule has 1 aromatic carbocycles. The Hall–Kier alpha value is -1.34. The Bertz CT molecular complexity index is 780. The monoisotopic (exact) mass is 367 g/mol. The molecule has 1 saturated heterocycles. The molecule has 0 bridgehead atoms. The quantitative estimate of drug-likeness (QED) is 0.854. The van der Waals surface area contributed by atoms with Gasteiger partial charge in [0.15, 0.2) is 0 Å². The van der Waals surface area contributed by atoms with E-state index < -0.39 is 10.0 Å². The van der Waals surface area contributed by atoms with Crippen molar-refractivity contribution in [2.45, 2.75) is 23.8 Å². The lowest BCUT2D eigenvalue weighted by Crippen LogP contribution is -2.37. The maximum absolute atomic E-state index is 12.5. The Kier molecular flexibility index (Phi) is 5.30. The SMILES string of the molecule is Cn1cccc1C(CNS(=O)(=O)c1ccc(Cl)cc1)N1CCCC1. The van der Waals surface area contributed by atoms with Gasteiger partial charge in [-0.25, -0.2) is 13.1 Å². The zero-order chi connectivity index (χ0) is 17.2. The lowest BCUT2D eigenvalue weighted by atomic mass is 10.2. The molecule has 2 heterocycles. The number of sulfonamides is 1. The maximum Gasteiger partial charge on any atom is 0.240 e. The number of hydrogen-bond donors (Lipinski definition) is 1. The molecule has 1 aliphatic heterocycles. The summed E-state index contributed by atoms with van der Waals surface area (Å²) in [5, 5.41) is 0.521. The van der Waals surface area contributed by atoms with Crippen molar-refractivity contribution < 1.29 is 8.42 Å². The van der Waals surface area contributed by atoms with Crippen LogP contribution in [0.4, 0.5) is 0 Å². The zero-order valence-corrected chi connectivity index (χ0v) is 15.2. The number of nitrogens with zero attached hydrogens (tertiary/aromatic N) is 2. The lowest BCUT2D eigenvalue weighted by Gasteiger charge is -2.28. The van der Waals surface area contributed by atoms with Gasteiger partial charge in [-0.2, -0.15) is 0 Å². The second-order valence-electron chi connectivity index (χ2n) is 6.11. The van der Waals surface area contributed by atoms with Crippen LogP contribution in [-0.2, 0) is 17.1 Å². The molecule has 2 aromatic rings. The predicted molar refractivity (Wildman–Crippen MR) is 95.6 cm³/mol. The standard InChI is InChI=1S/C17H22ClN3O2S/c1-20-10-4-5-16(20)17(21-11-2-3-12-21)13-19-24(22,23)15-8-6-14(18)7-9-15/h4-10,17,19H,2-3,11-13H2,1H3. The van der Waals surface area contributed by atoms with Crippen molar-refractivity contribution in [2.24, 2.45) is 7.05 Å². The van der Waals surface area contributed by atoms with Gasteiger partial charge < -0.3 is 4.57 Å². The van der Waals surface area contributed by atoms with Gasteiger partial charge in [-0.1, -0.05) is 11.6 Å². The van der Waals surface area contributed by atoms with E-state index >= 15 is 0 Å². The van der Waals surface area contributed by atoms with Crippen LogP contribution in [0.5, 0.6) is 0 Å². The molecular weight excluding hydrogens is 346 g/mol. The zero-order valence-electron chi connectivity index (χ0n) is 13.7. The van der Waals surface area contributed by atoms with Crippen molar-refractivity contribution in [3.8, 4) is 0 Å². The first kappa shape index (κ1) is 17.5. The van der Waals surface area contributed by atoms with E-state index in [1.165, 1.54) is 12.1 Å². The molecule has 0 saturated carbocycles. The Morgan fingerprint density at radius 3 is 2.42 bits per heavy atom. The van der Waals surface area contributed by atoms with Crippen LogP contribution in [-0.4, -0.2) is 37.5 Å². The van der Waals surface area contributed by atoms with E-state index in [0.717, 1.165) is 31.6 Å². The minimum absolute atomic E-state index is 0.0366. The molecule has 24 heavy (non-hydrogen) atoms. The molecule has 1 N–H and O–H groups in total. The highest BCUT2D eigenvalue weighted by Crippen LogP contribution is 2.25. The third-order valence-corrected chi connectivity index (χ3v) is 6.19. The molecule has 7 heteroatoms. The van der Waals surface area contributed by atoms with E-state index in [1.54, 1.807) is 12.1 Å². The number of nitrogens with one attached hydrogen (secondary N) is 1. The van der Waals surface area contributed by atoms with E-state index in [-0.39, 0.29) is 10.9 Å². The summed E-state index contributed by atoms with van der Waals surface area (Å²) in [6.07, 6.45) is 4.31. The van der Waals surface area contributed by atoms with Gasteiger partial charge >= 0.3 is 0 Å². The normalized spacial score (nSPS) is 17.2. The average Bonchev–Trinajstić information content (AvgIpc) is 3.21. The number of aryl methyl sites for hydroxylation is 1. The maximum atomic E-state index is 12.5. The molecule has 1 unspecified atom stereocenters. The molecule has 1 aromatic heterocycles. The fraction of sp³-hybridized carbons (Fsp3) is 0.412. The minimum Gasteiger partial charge on any atom is -0.353 e. The largest absolute Gasteiger partial charge is 0.353 e. The van der Waals surface area contributed by atoms with E-state index in [4.69, 9.17) is 11.6 Å². The first-order valence-electron chi connectivity index (χ1n) is 8.08. The highest BCUT2D eigenvalue weighted by Gasteiger charge is 2.27. The molecule has 1 fully saturated rings. The van der Waals surface area contributed by atoms with Gasteiger partial charge in [-0.3, -0.25) is 4.90 Å². The topological polar surface area (TPSA) is 54.3 Å². The number of hydrogen-bond acceptors (Lipinski definition) is 3. The Morgan fingerprint density at radius 2 is 1.83 bits per heavy atom. The molecule has 0 radical (unpaired) electrons. The second-order valence-corrected chi connectivity index (χ2v) is 8.31. The van der Waals surface area contributed by atoms with E-state index in [1.807, 2.05) is 19.3 Å². The molecule has 1 atom stereocenters. The molecule has 130 valence electrons. The van der Waals surface area contributed by atoms with Gasteiger partial charge in [-0.05, 0) is 62.3 Å². The Morgan fingerprint density at radius 1 is 1.17 bits per heavy atom. The summed E-state index contributed by atoms with van der Waals surface area (Å²) < 4.78 is 29.9. The third-order valence-electron chi connectivity index (χ3n) is 4.50. The molecule has 3 rings (SSSR count). The van der Waals surface area contributed by atoms with Crippen LogP contribution in [0.25, 0.3) is 0 Å². The number of likely N-dealkylation sites (tertiary alicyclic amines) is 1. The molecule has 0 spiro atoms. The van der Waals surface area contributed by atoms with Gasteiger partial charge in [-0.15, -0.1) is 0 Å². The third kappa shape index (κ3) is 3.83. The lowest BCUT2D eigenvalue weighted by molar-refractivity contribution is 0.238. The minimum atomic E-state index is -3.55. The number of benzene rings is 1. The van der Waals surface area contributed by atoms with Crippen LogP contribution in [0.15, 0.2) is 47.5 Å². The molecule has 0 amide bonds. The van der Waals surface area contributed by atoms with Crippen molar-refractivity contribution in [2.75, 3.05) is 19.6 Å². The van der Waals surface area contributed by atoms with Crippen LogP contribution >= 0.6 is 11.6 Å². The number of aromatic nitrogens is 1. The van der Waals surface area contributed by atoms with Crippen LogP contribution in [0.2, 0.25) is 5.02 Å². The van der Waals surface area contributed by atoms with E-state index in [2.05, 4.69) is 20.3 Å². The van der Waals surface area contributed by atoms with Crippen LogP contribution in [0.1, 0.15) is 24.6 Å². The summed E-state index contributed by atoms with van der Waals surface area (Å²) in [4.78, 5) is 2.58. The van der Waals surface area contributed by atoms with E-state index in [0.29, 0.717) is 11.6 Å². The Balaban J connectivity index is 1.78. The molecular formula is C17H22ClN3O2S. The molecule has 5 nitrogen and oxygen atoms in total. The number of halogens is 1. The summed E-state index contributed by atoms with van der Waals surface area (Å²) in [5.41, 5.74) is 1.12. The highest BCUT2D eigenvalue weighted by molar-refractivity contribution is 7.89. The van der Waals surface area contributed by atoms with Gasteiger partial charge in [0.2, 0.25) is 10.0 Å². The molecule has 1 aliphatic rings. The summed E-state index contributed by atoms with van der Waals surface area (Å²) in [7, 11) is -1.56. The predicted octanol–water partition coefficient (Wildman–Crippen LogP) is 2.79. The highest BCUT2D eigenvalue weighted by atomic mass is 35.5. The summed E-state index contributed by atoms with van der Waals surface area (Å²) in [6.45, 7) is 2.35. The average molecular weight is 368 g/mol. The van der Waals surface area contributed by atoms with Crippen molar-refractivity contribution in [3.05, 3.63) is 53.3 Å².